The number of aliphatic hydroxyl groups is 1. The van der Waals surface area contributed by atoms with Crippen molar-refractivity contribution >= 4 is 23.2 Å². The lowest BCUT2D eigenvalue weighted by atomic mass is 9.96. The lowest BCUT2D eigenvalue weighted by molar-refractivity contribution is -0.151. The first-order chi connectivity index (χ1) is 12.5. The molecule has 0 radical (unpaired) electrons. The van der Waals surface area contributed by atoms with Crippen LogP contribution in [0.15, 0.2) is 41.1 Å². The Morgan fingerprint density at radius 1 is 1.12 bits per heavy atom. The second kappa shape index (κ2) is 6.85. The molecule has 0 spiro atoms. The van der Waals surface area contributed by atoms with Crippen LogP contribution < -0.4 is 5.32 Å². The van der Waals surface area contributed by atoms with Crippen LogP contribution in [0.4, 0.5) is 0 Å². The van der Waals surface area contributed by atoms with E-state index in [-0.39, 0.29) is 17.9 Å². The molecular formula is C20H22N2O3S. The zero-order valence-electron chi connectivity index (χ0n) is 14.5. The molecule has 1 aliphatic carbocycles. The molecule has 136 valence electrons. The summed E-state index contributed by atoms with van der Waals surface area (Å²) in [5, 5.41) is 17.7. The van der Waals surface area contributed by atoms with Gasteiger partial charge in [0.15, 0.2) is 5.60 Å². The van der Waals surface area contributed by atoms with Gasteiger partial charge in [-0.2, -0.15) is 11.3 Å². The van der Waals surface area contributed by atoms with E-state index in [0.717, 1.165) is 11.1 Å². The molecule has 1 aromatic heterocycles. The fourth-order valence-electron chi connectivity index (χ4n) is 3.93. The quantitative estimate of drug-likeness (QED) is 0.868. The van der Waals surface area contributed by atoms with Crippen molar-refractivity contribution in [2.45, 2.75) is 37.3 Å². The van der Waals surface area contributed by atoms with Gasteiger partial charge in [-0.1, -0.05) is 24.3 Å². The molecular weight excluding hydrogens is 348 g/mol. The second-order valence-corrected chi connectivity index (χ2v) is 7.99. The number of fused-ring (bicyclic) bond motifs is 1. The van der Waals surface area contributed by atoms with Crippen LogP contribution in [-0.2, 0) is 17.6 Å². The van der Waals surface area contributed by atoms with Crippen molar-refractivity contribution in [3.63, 3.8) is 0 Å². The van der Waals surface area contributed by atoms with Crippen molar-refractivity contribution in [2.75, 3.05) is 13.1 Å². The molecule has 6 heteroatoms. The number of thiophene rings is 1. The van der Waals surface area contributed by atoms with Gasteiger partial charge in [0.2, 0.25) is 0 Å². The van der Waals surface area contributed by atoms with Crippen LogP contribution in [0, 0.1) is 0 Å². The molecule has 26 heavy (non-hydrogen) atoms. The molecule has 2 N–H and O–H groups in total. The van der Waals surface area contributed by atoms with Gasteiger partial charge in [0, 0.05) is 42.9 Å². The SMILES string of the molecule is O=C(NC1CCN(C(=O)C2(O)Cc3ccccc3C2)CC1)c1ccsc1. The molecule has 2 aromatic rings. The van der Waals surface area contributed by atoms with Crippen LogP contribution in [0.5, 0.6) is 0 Å². The zero-order valence-corrected chi connectivity index (χ0v) is 15.3. The Balaban J connectivity index is 1.33. The highest BCUT2D eigenvalue weighted by atomic mass is 32.1. The Labute approximate surface area is 156 Å². The van der Waals surface area contributed by atoms with Crippen molar-refractivity contribution in [3.05, 3.63) is 57.8 Å². The number of carbonyl (C=O) groups excluding carboxylic acids is 2. The number of rotatable bonds is 3. The maximum Gasteiger partial charge on any atom is 0.255 e. The molecule has 0 atom stereocenters. The van der Waals surface area contributed by atoms with E-state index in [0.29, 0.717) is 44.3 Å². The lowest BCUT2D eigenvalue weighted by Crippen LogP contribution is -2.54. The van der Waals surface area contributed by atoms with E-state index in [1.54, 1.807) is 4.90 Å². The maximum atomic E-state index is 12.9. The predicted octanol–water partition coefficient (Wildman–Crippen LogP) is 2.00. The monoisotopic (exact) mass is 370 g/mol. The Bertz CT molecular complexity index is 785. The van der Waals surface area contributed by atoms with Crippen LogP contribution in [-0.4, -0.2) is 46.6 Å². The molecule has 2 aliphatic rings. The molecule has 0 bridgehead atoms. The van der Waals surface area contributed by atoms with Crippen molar-refractivity contribution < 1.29 is 14.7 Å². The number of nitrogens with zero attached hydrogens (tertiary/aromatic N) is 1. The summed E-state index contributed by atoms with van der Waals surface area (Å²) < 4.78 is 0. The first-order valence-corrected chi connectivity index (χ1v) is 9.91. The summed E-state index contributed by atoms with van der Waals surface area (Å²) in [7, 11) is 0. The maximum absolute atomic E-state index is 12.9. The van der Waals surface area contributed by atoms with Crippen molar-refractivity contribution in [3.8, 4) is 0 Å². The van der Waals surface area contributed by atoms with Gasteiger partial charge in [0.1, 0.15) is 0 Å². The molecule has 0 unspecified atom stereocenters. The van der Waals surface area contributed by atoms with Gasteiger partial charge >= 0.3 is 0 Å². The average Bonchev–Trinajstić information content (AvgIpc) is 3.29. The summed E-state index contributed by atoms with van der Waals surface area (Å²) in [6, 6.07) is 9.72. The van der Waals surface area contributed by atoms with Gasteiger partial charge in [0.25, 0.3) is 11.8 Å². The van der Waals surface area contributed by atoms with Gasteiger partial charge in [-0.05, 0) is 35.4 Å². The molecule has 1 aliphatic heterocycles. The van der Waals surface area contributed by atoms with Crippen molar-refractivity contribution in [1.82, 2.24) is 10.2 Å². The van der Waals surface area contributed by atoms with E-state index < -0.39 is 5.60 Å². The highest BCUT2D eigenvalue weighted by Gasteiger charge is 2.44. The highest BCUT2D eigenvalue weighted by molar-refractivity contribution is 7.08. The largest absolute Gasteiger partial charge is 0.379 e. The summed E-state index contributed by atoms with van der Waals surface area (Å²) >= 11 is 1.50. The van der Waals surface area contributed by atoms with E-state index in [9.17, 15) is 14.7 Å². The van der Waals surface area contributed by atoms with Gasteiger partial charge < -0.3 is 15.3 Å². The van der Waals surface area contributed by atoms with Crippen molar-refractivity contribution in [1.29, 1.82) is 0 Å². The topological polar surface area (TPSA) is 69.6 Å². The van der Waals surface area contributed by atoms with Gasteiger partial charge in [0.05, 0.1) is 0 Å². The number of amides is 2. The number of piperidine rings is 1. The minimum atomic E-state index is -1.32. The molecule has 1 fully saturated rings. The van der Waals surface area contributed by atoms with Crippen LogP contribution in [0.2, 0.25) is 0 Å². The van der Waals surface area contributed by atoms with E-state index in [1.165, 1.54) is 11.3 Å². The number of hydrogen-bond donors (Lipinski definition) is 2. The summed E-state index contributed by atoms with van der Waals surface area (Å²) in [5.74, 6) is -0.239. The minimum absolute atomic E-state index is 0.0547. The third-order valence-corrected chi connectivity index (χ3v) is 6.07. The molecule has 1 aromatic carbocycles. The van der Waals surface area contributed by atoms with Crippen LogP contribution in [0.25, 0.3) is 0 Å². The first kappa shape index (κ1) is 17.2. The van der Waals surface area contributed by atoms with E-state index in [2.05, 4.69) is 5.32 Å². The zero-order chi connectivity index (χ0) is 18.1. The second-order valence-electron chi connectivity index (χ2n) is 7.21. The Morgan fingerprint density at radius 2 is 1.77 bits per heavy atom. The summed E-state index contributed by atoms with van der Waals surface area (Å²) in [6.07, 6.45) is 2.20. The van der Waals surface area contributed by atoms with Gasteiger partial charge in [-0.25, -0.2) is 0 Å². The first-order valence-electron chi connectivity index (χ1n) is 8.97. The number of likely N-dealkylation sites (tertiary alicyclic amines) is 1. The fraction of sp³-hybridized carbons (Fsp3) is 0.400. The Morgan fingerprint density at radius 3 is 2.35 bits per heavy atom. The Kier molecular flexibility index (Phi) is 4.54. The minimum Gasteiger partial charge on any atom is -0.379 e. The van der Waals surface area contributed by atoms with E-state index >= 15 is 0 Å². The molecule has 4 rings (SSSR count). The van der Waals surface area contributed by atoms with Crippen LogP contribution in [0.1, 0.15) is 34.3 Å². The molecule has 2 amide bonds. The average molecular weight is 370 g/mol. The van der Waals surface area contributed by atoms with E-state index in [4.69, 9.17) is 0 Å². The Hall–Kier alpha value is -2.18. The number of benzene rings is 1. The molecule has 1 saturated heterocycles. The summed E-state index contributed by atoms with van der Waals surface area (Å²) in [4.78, 5) is 26.8. The smallest absolute Gasteiger partial charge is 0.255 e. The molecule has 2 heterocycles. The van der Waals surface area contributed by atoms with Crippen LogP contribution in [0.3, 0.4) is 0 Å². The van der Waals surface area contributed by atoms with Gasteiger partial charge in [-0.15, -0.1) is 0 Å². The van der Waals surface area contributed by atoms with E-state index in [1.807, 2.05) is 41.1 Å². The third-order valence-electron chi connectivity index (χ3n) is 5.38. The normalized spacial score (nSPS) is 19.2. The number of carbonyl (C=O) groups is 2. The highest BCUT2D eigenvalue weighted by Crippen LogP contribution is 2.32. The molecule has 0 saturated carbocycles. The number of hydrogen-bond acceptors (Lipinski definition) is 4. The third kappa shape index (κ3) is 3.27. The standard InChI is InChI=1S/C20H22N2O3S/c23-18(16-7-10-26-13-16)21-17-5-8-22(9-6-17)19(24)20(25)11-14-3-1-2-4-15(14)12-20/h1-4,7,10,13,17,25H,5-6,8-9,11-12H2,(H,21,23). The predicted molar refractivity (Wildman–Crippen MR) is 100 cm³/mol. The van der Waals surface area contributed by atoms with Gasteiger partial charge in [-0.3, -0.25) is 9.59 Å². The molecule has 5 nitrogen and oxygen atoms in total. The lowest BCUT2D eigenvalue weighted by Gasteiger charge is -2.36. The van der Waals surface area contributed by atoms with Crippen LogP contribution >= 0.6 is 11.3 Å². The number of nitrogens with one attached hydrogen (secondary N) is 1. The summed E-state index contributed by atoms with van der Waals surface area (Å²) in [6.45, 7) is 1.12. The van der Waals surface area contributed by atoms with Crippen molar-refractivity contribution in [2.24, 2.45) is 0 Å². The summed E-state index contributed by atoms with van der Waals surface area (Å²) in [5.41, 5.74) is 1.48. The fourth-order valence-corrected chi connectivity index (χ4v) is 4.57.